The third-order valence-corrected chi connectivity index (χ3v) is 8.68. The summed E-state index contributed by atoms with van der Waals surface area (Å²) >= 11 is 7.75. The van der Waals surface area contributed by atoms with E-state index in [1.807, 2.05) is 30.3 Å². The number of likely N-dealkylation sites (tertiary alicyclic amines) is 1. The van der Waals surface area contributed by atoms with Gasteiger partial charge in [0.05, 0.1) is 20.5 Å². The zero-order chi connectivity index (χ0) is 24.6. The van der Waals surface area contributed by atoms with Crippen molar-refractivity contribution in [2.75, 3.05) is 36.9 Å². The van der Waals surface area contributed by atoms with Gasteiger partial charge in [-0.2, -0.15) is 4.98 Å². The second-order valence-corrected chi connectivity index (χ2v) is 11.4. The van der Waals surface area contributed by atoms with Crippen LogP contribution in [0.2, 0.25) is 4.34 Å². The fraction of sp³-hybridized carbons (Fsp3) is 0.423. The number of ether oxygens (including phenoxy) is 1. The van der Waals surface area contributed by atoms with Gasteiger partial charge in [-0.05, 0) is 74.5 Å². The van der Waals surface area contributed by atoms with Gasteiger partial charge in [0.1, 0.15) is 18.2 Å². The van der Waals surface area contributed by atoms with Crippen molar-refractivity contribution in [3.05, 3.63) is 46.8 Å². The topological polar surface area (TPSA) is 105 Å². The van der Waals surface area contributed by atoms with Crippen LogP contribution in [-0.2, 0) is 4.79 Å². The Bertz CT molecular complexity index is 1290. The minimum Gasteiger partial charge on any atom is -0.492 e. The highest BCUT2D eigenvalue weighted by Crippen LogP contribution is 2.46. The number of nitrogens with one attached hydrogen (secondary N) is 2. The first-order chi connectivity index (χ1) is 17.5. The molecule has 8 nitrogen and oxygen atoms in total. The van der Waals surface area contributed by atoms with Crippen LogP contribution in [0.3, 0.4) is 0 Å². The van der Waals surface area contributed by atoms with Gasteiger partial charge in [0.15, 0.2) is 0 Å². The van der Waals surface area contributed by atoms with E-state index in [4.69, 9.17) is 27.1 Å². The third-order valence-electron chi connectivity index (χ3n) is 7.42. The van der Waals surface area contributed by atoms with Crippen LogP contribution in [0.15, 0.2) is 42.5 Å². The highest BCUT2D eigenvalue weighted by Gasteiger charge is 2.47. The van der Waals surface area contributed by atoms with Crippen LogP contribution < -0.4 is 21.1 Å². The molecule has 0 spiro atoms. The molecular formula is C26H29ClN6O2S. The number of thiophene rings is 1. The summed E-state index contributed by atoms with van der Waals surface area (Å²) in [5, 5.41) is 6.82. The summed E-state index contributed by atoms with van der Waals surface area (Å²) < 4.78 is 7.41. The number of aromatic nitrogens is 2. The van der Waals surface area contributed by atoms with Crippen LogP contribution in [0.5, 0.6) is 5.75 Å². The van der Waals surface area contributed by atoms with E-state index >= 15 is 0 Å². The smallest absolute Gasteiger partial charge is 0.229 e. The van der Waals surface area contributed by atoms with Crippen molar-refractivity contribution >= 4 is 56.5 Å². The SMILES string of the molecule is NC(=O)[C@H]1C2C=CC(C2)[C@@H]1Nc1nc(Nc2ccc(OCCN3CCCC3)cc2)nc2cc(Cl)sc12. The van der Waals surface area contributed by atoms with E-state index in [0.29, 0.717) is 22.7 Å². The second-order valence-electron chi connectivity index (χ2n) is 9.75. The van der Waals surface area contributed by atoms with E-state index in [1.54, 1.807) is 0 Å². The highest BCUT2D eigenvalue weighted by atomic mass is 35.5. The quantitative estimate of drug-likeness (QED) is 0.350. The number of carbonyl (C=O) groups excluding carboxylic acids is 1. The number of benzene rings is 1. The molecule has 10 heteroatoms. The summed E-state index contributed by atoms with van der Waals surface area (Å²) in [4.78, 5) is 24.1. The Morgan fingerprint density at radius 1 is 1.17 bits per heavy atom. The molecule has 4 atom stereocenters. The Morgan fingerprint density at radius 3 is 2.72 bits per heavy atom. The molecule has 2 bridgehead atoms. The number of primary amides is 1. The van der Waals surface area contributed by atoms with Gasteiger partial charge in [-0.15, -0.1) is 11.3 Å². The number of carbonyl (C=O) groups is 1. The monoisotopic (exact) mass is 524 g/mol. The summed E-state index contributed by atoms with van der Waals surface area (Å²) in [7, 11) is 0. The molecular weight excluding hydrogens is 496 g/mol. The lowest BCUT2D eigenvalue weighted by Gasteiger charge is -2.27. The van der Waals surface area contributed by atoms with E-state index in [1.165, 1.54) is 37.3 Å². The van der Waals surface area contributed by atoms with E-state index in [0.717, 1.165) is 34.6 Å². The zero-order valence-corrected chi connectivity index (χ0v) is 21.4. The van der Waals surface area contributed by atoms with Crippen molar-refractivity contribution in [2.45, 2.75) is 25.3 Å². The van der Waals surface area contributed by atoms with Gasteiger partial charge in [0.2, 0.25) is 11.9 Å². The van der Waals surface area contributed by atoms with Gasteiger partial charge in [-0.25, -0.2) is 4.98 Å². The highest BCUT2D eigenvalue weighted by molar-refractivity contribution is 7.23. The number of nitrogens with two attached hydrogens (primary N) is 1. The predicted molar refractivity (Wildman–Crippen MR) is 144 cm³/mol. The van der Waals surface area contributed by atoms with Crippen molar-refractivity contribution in [3.63, 3.8) is 0 Å². The normalized spacial score (nSPS) is 25.0. The maximum Gasteiger partial charge on any atom is 0.229 e. The lowest BCUT2D eigenvalue weighted by Crippen LogP contribution is -2.41. The fourth-order valence-electron chi connectivity index (χ4n) is 5.68. The molecule has 1 aromatic carbocycles. The molecule has 3 heterocycles. The lowest BCUT2D eigenvalue weighted by molar-refractivity contribution is -0.122. The number of halogens is 1. The van der Waals surface area contributed by atoms with Gasteiger partial charge in [0, 0.05) is 18.3 Å². The van der Waals surface area contributed by atoms with Gasteiger partial charge in [-0.3, -0.25) is 9.69 Å². The Hall–Kier alpha value is -2.88. The Balaban J connectivity index is 1.18. The Labute approximate surface area is 218 Å². The molecule has 1 aliphatic heterocycles. The van der Waals surface area contributed by atoms with Crippen molar-refractivity contribution in [3.8, 4) is 5.75 Å². The Kier molecular flexibility index (Phi) is 6.45. The number of fused-ring (bicyclic) bond motifs is 3. The molecule has 2 fully saturated rings. The number of amides is 1. The minimum absolute atomic E-state index is 0.0960. The first-order valence-corrected chi connectivity index (χ1v) is 13.7. The third kappa shape index (κ3) is 4.75. The molecule has 188 valence electrons. The van der Waals surface area contributed by atoms with Crippen LogP contribution in [0, 0.1) is 17.8 Å². The zero-order valence-electron chi connectivity index (χ0n) is 19.8. The van der Waals surface area contributed by atoms with Crippen LogP contribution in [0.25, 0.3) is 10.2 Å². The van der Waals surface area contributed by atoms with Crippen LogP contribution in [0.1, 0.15) is 19.3 Å². The van der Waals surface area contributed by atoms with Gasteiger partial charge in [0.25, 0.3) is 0 Å². The maximum atomic E-state index is 12.2. The minimum atomic E-state index is -0.278. The number of rotatable bonds is 9. The summed E-state index contributed by atoms with van der Waals surface area (Å²) in [5.74, 6) is 1.86. The summed E-state index contributed by atoms with van der Waals surface area (Å²) in [5.41, 5.74) is 7.37. The molecule has 1 saturated heterocycles. The molecule has 2 aromatic heterocycles. The summed E-state index contributed by atoms with van der Waals surface area (Å²) in [6.07, 6.45) is 7.79. The van der Waals surface area contributed by atoms with E-state index in [-0.39, 0.29) is 29.7 Å². The van der Waals surface area contributed by atoms with Crippen molar-refractivity contribution in [2.24, 2.45) is 23.5 Å². The van der Waals surface area contributed by atoms with Crippen LogP contribution >= 0.6 is 22.9 Å². The lowest BCUT2D eigenvalue weighted by atomic mass is 9.88. The number of anilines is 3. The molecule has 1 saturated carbocycles. The van der Waals surface area contributed by atoms with E-state index in [9.17, 15) is 4.79 Å². The molecule has 2 unspecified atom stereocenters. The summed E-state index contributed by atoms with van der Waals surface area (Å²) in [6, 6.07) is 9.55. The molecule has 6 rings (SSSR count). The Morgan fingerprint density at radius 2 is 1.94 bits per heavy atom. The van der Waals surface area contributed by atoms with E-state index < -0.39 is 0 Å². The van der Waals surface area contributed by atoms with Crippen molar-refractivity contribution in [1.29, 1.82) is 0 Å². The van der Waals surface area contributed by atoms with Gasteiger partial charge >= 0.3 is 0 Å². The largest absolute Gasteiger partial charge is 0.492 e. The number of hydrogen-bond donors (Lipinski definition) is 3. The molecule has 4 N–H and O–H groups in total. The molecule has 3 aliphatic rings. The average Bonchev–Trinajstić information content (AvgIpc) is 3.65. The second kappa shape index (κ2) is 9.88. The summed E-state index contributed by atoms with van der Waals surface area (Å²) in [6.45, 7) is 3.99. The van der Waals surface area contributed by atoms with Gasteiger partial charge < -0.3 is 21.1 Å². The van der Waals surface area contributed by atoms with Crippen LogP contribution in [-0.4, -0.2) is 53.1 Å². The first kappa shape index (κ1) is 23.5. The van der Waals surface area contributed by atoms with Gasteiger partial charge in [-0.1, -0.05) is 23.8 Å². The molecule has 2 aliphatic carbocycles. The standard InChI is InChI=1S/C26H29ClN6O2S/c27-20-14-19-23(36-20)25(31-22-16-4-3-15(13-16)21(22)24(28)34)32-26(30-19)29-17-5-7-18(8-6-17)35-12-11-33-9-1-2-10-33/h3-8,14-16,21-22H,1-2,9-13H2,(H2,28,34)(H2,29,30,31,32)/t15?,16?,21-,22-/m0/s1. The predicted octanol–water partition coefficient (Wildman–Crippen LogP) is 4.65. The van der Waals surface area contributed by atoms with Crippen molar-refractivity contribution in [1.82, 2.24) is 14.9 Å². The maximum absolute atomic E-state index is 12.2. The number of allylic oxidation sites excluding steroid dienone is 1. The number of nitrogens with zero attached hydrogens (tertiary/aromatic N) is 3. The average molecular weight is 525 g/mol. The first-order valence-electron chi connectivity index (χ1n) is 12.5. The molecule has 36 heavy (non-hydrogen) atoms. The fourth-order valence-corrected chi connectivity index (χ4v) is 6.79. The molecule has 3 aromatic rings. The molecule has 0 radical (unpaired) electrons. The van der Waals surface area contributed by atoms with E-state index in [2.05, 4.69) is 32.7 Å². The molecule has 1 amide bonds. The van der Waals surface area contributed by atoms with Crippen molar-refractivity contribution < 1.29 is 9.53 Å². The number of hydrogen-bond acceptors (Lipinski definition) is 8. The van der Waals surface area contributed by atoms with Crippen LogP contribution in [0.4, 0.5) is 17.5 Å².